The van der Waals surface area contributed by atoms with E-state index in [1.165, 1.54) is 12.8 Å². The lowest BCUT2D eigenvalue weighted by atomic mass is 10.1. The van der Waals surface area contributed by atoms with Gasteiger partial charge in [0, 0.05) is 24.2 Å². The van der Waals surface area contributed by atoms with Crippen molar-refractivity contribution in [3.63, 3.8) is 0 Å². The minimum Gasteiger partial charge on any atom is -0.373 e. The highest BCUT2D eigenvalue weighted by molar-refractivity contribution is 6.35. The van der Waals surface area contributed by atoms with Crippen molar-refractivity contribution in [1.29, 1.82) is 0 Å². The van der Waals surface area contributed by atoms with Crippen LogP contribution in [0.15, 0.2) is 18.2 Å². The molecule has 0 saturated carbocycles. The number of hydrogen-bond donors (Lipinski definition) is 1. The van der Waals surface area contributed by atoms with Crippen molar-refractivity contribution >= 4 is 29.1 Å². The number of amides is 1. The van der Waals surface area contributed by atoms with Crippen molar-refractivity contribution in [1.82, 2.24) is 10.2 Å². The summed E-state index contributed by atoms with van der Waals surface area (Å²) >= 11 is 11.9. The Kier molecular flexibility index (Phi) is 4.69. The molecule has 0 bridgehead atoms. The van der Waals surface area contributed by atoms with Gasteiger partial charge in [-0.15, -0.1) is 0 Å². The van der Waals surface area contributed by atoms with Crippen LogP contribution in [-0.2, 0) is 4.74 Å². The molecule has 1 aromatic rings. The third-order valence-electron chi connectivity index (χ3n) is 4.12. The average molecular weight is 329 g/mol. The molecule has 2 unspecified atom stereocenters. The molecule has 6 heteroatoms. The molecule has 1 amide bonds. The van der Waals surface area contributed by atoms with Gasteiger partial charge in [0.25, 0.3) is 5.91 Å². The first kappa shape index (κ1) is 15.1. The summed E-state index contributed by atoms with van der Waals surface area (Å²) in [6, 6.07) is 5.44. The molecule has 21 heavy (non-hydrogen) atoms. The first-order chi connectivity index (χ1) is 10.1. The van der Waals surface area contributed by atoms with E-state index in [0.29, 0.717) is 28.2 Å². The van der Waals surface area contributed by atoms with Crippen molar-refractivity contribution in [2.75, 3.05) is 26.2 Å². The number of halogens is 2. The van der Waals surface area contributed by atoms with E-state index in [1.54, 1.807) is 18.2 Å². The smallest absolute Gasteiger partial charge is 0.252 e. The van der Waals surface area contributed by atoms with Gasteiger partial charge in [0.1, 0.15) is 0 Å². The van der Waals surface area contributed by atoms with Crippen LogP contribution in [0.5, 0.6) is 0 Å². The van der Waals surface area contributed by atoms with Crippen molar-refractivity contribution in [3.8, 4) is 0 Å². The molecular weight excluding hydrogens is 311 g/mol. The third-order valence-corrected chi connectivity index (χ3v) is 4.69. The van der Waals surface area contributed by atoms with Crippen molar-refractivity contribution in [3.05, 3.63) is 33.8 Å². The summed E-state index contributed by atoms with van der Waals surface area (Å²) in [5.41, 5.74) is 0.402. The normalized spacial score (nSPS) is 25.6. The Bertz CT molecular complexity index is 538. The van der Waals surface area contributed by atoms with Crippen molar-refractivity contribution < 1.29 is 9.53 Å². The molecule has 2 fully saturated rings. The topological polar surface area (TPSA) is 41.6 Å². The standard InChI is InChI=1S/C15H18Cl2N2O2/c16-10-3-4-14(17)13(6-10)15(20)18-7-12-8-19-5-1-2-11(19)9-21-12/h3-4,6,11-12H,1-2,5,7-9H2,(H,18,20). The second-order valence-electron chi connectivity index (χ2n) is 5.58. The molecule has 0 spiro atoms. The maximum Gasteiger partial charge on any atom is 0.252 e. The van der Waals surface area contributed by atoms with E-state index in [1.807, 2.05) is 0 Å². The van der Waals surface area contributed by atoms with E-state index in [4.69, 9.17) is 27.9 Å². The van der Waals surface area contributed by atoms with E-state index < -0.39 is 0 Å². The van der Waals surface area contributed by atoms with Crippen LogP contribution in [0.2, 0.25) is 10.0 Å². The van der Waals surface area contributed by atoms with Gasteiger partial charge in [-0.05, 0) is 37.6 Å². The average Bonchev–Trinajstić information content (AvgIpc) is 2.94. The summed E-state index contributed by atoms with van der Waals surface area (Å²) < 4.78 is 5.82. The maximum absolute atomic E-state index is 12.2. The molecular formula is C15H18Cl2N2O2. The van der Waals surface area contributed by atoms with Crippen LogP contribution in [0.1, 0.15) is 23.2 Å². The summed E-state index contributed by atoms with van der Waals surface area (Å²) in [7, 11) is 0. The fraction of sp³-hybridized carbons (Fsp3) is 0.533. The zero-order valence-electron chi connectivity index (χ0n) is 11.6. The fourth-order valence-corrected chi connectivity index (χ4v) is 3.36. The zero-order valence-corrected chi connectivity index (χ0v) is 13.2. The number of rotatable bonds is 3. The molecule has 2 aliphatic rings. The number of benzene rings is 1. The van der Waals surface area contributed by atoms with E-state index in [9.17, 15) is 4.79 Å². The molecule has 1 aromatic carbocycles. The Hall–Kier alpha value is -0.810. The van der Waals surface area contributed by atoms with Gasteiger partial charge < -0.3 is 10.1 Å². The molecule has 2 heterocycles. The largest absolute Gasteiger partial charge is 0.373 e. The van der Waals surface area contributed by atoms with E-state index in [-0.39, 0.29) is 12.0 Å². The molecule has 2 aliphatic heterocycles. The maximum atomic E-state index is 12.2. The van der Waals surface area contributed by atoms with Gasteiger partial charge >= 0.3 is 0 Å². The van der Waals surface area contributed by atoms with Crippen LogP contribution < -0.4 is 5.32 Å². The minimum atomic E-state index is -0.213. The number of ether oxygens (including phenoxy) is 1. The van der Waals surface area contributed by atoms with Gasteiger partial charge in [0.2, 0.25) is 0 Å². The van der Waals surface area contributed by atoms with E-state index >= 15 is 0 Å². The van der Waals surface area contributed by atoms with Crippen LogP contribution in [0.4, 0.5) is 0 Å². The Labute approximate surface area is 134 Å². The first-order valence-corrected chi connectivity index (χ1v) is 7.98. The highest BCUT2D eigenvalue weighted by Crippen LogP contribution is 2.23. The summed E-state index contributed by atoms with van der Waals surface area (Å²) in [5.74, 6) is -0.213. The van der Waals surface area contributed by atoms with Crippen LogP contribution in [0.3, 0.4) is 0 Å². The van der Waals surface area contributed by atoms with Gasteiger partial charge in [-0.1, -0.05) is 23.2 Å². The lowest BCUT2D eigenvalue weighted by Gasteiger charge is -2.35. The molecule has 3 rings (SSSR count). The summed E-state index contributed by atoms with van der Waals surface area (Å²) in [4.78, 5) is 14.6. The Balaban J connectivity index is 1.55. The number of carbonyl (C=O) groups is 1. The number of nitrogens with zero attached hydrogens (tertiary/aromatic N) is 1. The quantitative estimate of drug-likeness (QED) is 0.927. The Morgan fingerprint density at radius 2 is 2.29 bits per heavy atom. The monoisotopic (exact) mass is 328 g/mol. The van der Waals surface area contributed by atoms with Gasteiger partial charge in [0.15, 0.2) is 0 Å². The predicted molar refractivity (Wildman–Crippen MR) is 83.1 cm³/mol. The highest BCUT2D eigenvalue weighted by Gasteiger charge is 2.32. The molecule has 0 aliphatic carbocycles. The summed E-state index contributed by atoms with van der Waals surface area (Å²) in [6.07, 6.45) is 2.50. The molecule has 1 N–H and O–H groups in total. The van der Waals surface area contributed by atoms with E-state index in [0.717, 1.165) is 19.7 Å². The first-order valence-electron chi connectivity index (χ1n) is 7.22. The third kappa shape index (κ3) is 3.51. The SMILES string of the molecule is O=C(NCC1CN2CCCC2CO1)c1cc(Cl)ccc1Cl. The van der Waals surface area contributed by atoms with Crippen molar-refractivity contribution in [2.45, 2.75) is 25.0 Å². The Morgan fingerprint density at radius 1 is 1.43 bits per heavy atom. The summed E-state index contributed by atoms with van der Waals surface area (Å²) in [5, 5.41) is 3.79. The number of morpholine rings is 1. The lowest BCUT2D eigenvalue weighted by Crippen LogP contribution is -2.50. The van der Waals surface area contributed by atoms with Crippen LogP contribution >= 0.6 is 23.2 Å². The van der Waals surface area contributed by atoms with Gasteiger partial charge in [0.05, 0.1) is 23.3 Å². The molecule has 2 atom stereocenters. The van der Waals surface area contributed by atoms with Crippen LogP contribution in [-0.4, -0.2) is 49.2 Å². The zero-order chi connectivity index (χ0) is 14.8. The highest BCUT2D eigenvalue weighted by atomic mass is 35.5. The van der Waals surface area contributed by atoms with Gasteiger partial charge in [-0.3, -0.25) is 9.69 Å². The lowest BCUT2D eigenvalue weighted by molar-refractivity contribution is -0.0461. The number of fused-ring (bicyclic) bond motifs is 1. The molecule has 4 nitrogen and oxygen atoms in total. The summed E-state index contributed by atoms with van der Waals surface area (Å²) in [6.45, 7) is 3.27. The van der Waals surface area contributed by atoms with Crippen molar-refractivity contribution in [2.24, 2.45) is 0 Å². The Morgan fingerprint density at radius 3 is 3.14 bits per heavy atom. The van der Waals surface area contributed by atoms with Gasteiger partial charge in [-0.2, -0.15) is 0 Å². The van der Waals surface area contributed by atoms with Crippen LogP contribution in [0.25, 0.3) is 0 Å². The second kappa shape index (κ2) is 6.53. The predicted octanol–water partition coefficient (Wildman–Crippen LogP) is 2.59. The molecule has 114 valence electrons. The van der Waals surface area contributed by atoms with Crippen LogP contribution in [0, 0.1) is 0 Å². The number of carbonyl (C=O) groups excluding carboxylic acids is 1. The minimum absolute atomic E-state index is 0.0428. The molecule has 2 saturated heterocycles. The second-order valence-corrected chi connectivity index (χ2v) is 6.42. The number of hydrogen-bond acceptors (Lipinski definition) is 3. The number of nitrogens with one attached hydrogen (secondary N) is 1. The fourth-order valence-electron chi connectivity index (χ4n) is 2.98. The molecule has 0 aromatic heterocycles. The van der Waals surface area contributed by atoms with Gasteiger partial charge in [-0.25, -0.2) is 0 Å². The molecule has 0 radical (unpaired) electrons. The van der Waals surface area contributed by atoms with E-state index in [2.05, 4.69) is 10.2 Å².